The minimum atomic E-state index is -3.68. The maximum Gasteiger partial charge on any atom is 0.271 e. The highest BCUT2D eigenvalue weighted by atomic mass is 35.5. The standard InChI is InChI=1S/C21H18ClN3O3S/c1-25(29(27,28)19-8-3-2-4-9-19)18-13-11-16(12-14-18)21(26)24-23-15-17-7-5-6-10-20(17)22/h2-15H,1H3,(H,24,26)/b23-15-. The Kier molecular flexibility index (Phi) is 6.31. The Labute approximate surface area is 174 Å². The zero-order chi connectivity index (χ0) is 20.9. The summed E-state index contributed by atoms with van der Waals surface area (Å²) in [5.41, 5.74) is 3.88. The molecule has 0 atom stereocenters. The monoisotopic (exact) mass is 427 g/mol. The zero-order valence-corrected chi connectivity index (χ0v) is 17.1. The van der Waals surface area contributed by atoms with E-state index in [-0.39, 0.29) is 4.90 Å². The molecule has 0 bridgehead atoms. The Morgan fingerprint density at radius 3 is 2.24 bits per heavy atom. The highest BCUT2D eigenvalue weighted by Gasteiger charge is 2.21. The lowest BCUT2D eigenvalue weighted by Gasteiger charge is -2.19. The maximum absolute atomic E-state index is 12.7. The van der Waals surface area contributed by atoms with Gasteiger partial charge in [0.15, 0.2) is 0 Å². The molecule has 0 heterocycles. The number of amides is 1. The lowest BCUT2D eigenvalue weighted by atomic mass is 10.2. The van der Waals surface area contributed by atoms with E-state index in [1.54, 1.807) is 48.5 Å². The first kappa shape index (κ1) is 20.6. The van der Waals surface area contributed by atoms with Crippen molar-refractivity contribution in [2.45, 2.75) is 4.90 Å². The van der Waals surface area contributed by atoms with Crippen molar-refractivity contribution in [3.63, 3.8) is 0 Å². The molecule has 0 saturated carbocycles. The van der Waals surface area contributed by atoms with Crippen LogP contribution in [-0.4, -0.2) is 27.6 Å². The van der Waals surface area contributed by atoms with Crippen LogP contribution in [0, 0.1) is 0 Å². The van der Waals surface area contributed by atoms with E-state index in [1.807, 2.05) is 6.07 Å². The molecule has 8 heteroatoms. The fourth-order valence-electron chi connectivity index (χ4n) is 2.52. The quantitative estimate of drug-likeness (QED) is 0.478. The Balaban J connectivity index is 1.69. The van der Waals surface area contributed by atoms with E-state index in [9.17, 15) is 13.2 Å². The summed E-state index contributed by atoms with van der Waals surface area (Å²) < 4.78 is 26.5. The second-order valence-electron chi connectivity index (χ2n) is 6.05. The van der Waals surface area contributed by atoms with Crippen LogP contribution in [0.5, 0.6) is 0 Å². The highest BCUT2D eigenvalue weighted by molar-refractivity contribution is 7.92. The van der Waals surface area contributed by atoms with Crippen LogP contribution >= 0.6 is 11.6 Å². The third-order valence-corrected chi connectivity index (χ3v) is 6.31. The van der Waals surface area contributed by atoms with E-state index >= 15 is 0 Å². The number of benzene rings is 3. The molecule has 0 fully saturated rings. The second kappa shape index (κ2) is 8.89. The van der Waals surface area contributed by atoms with Crippen molar-refractivity contribution in [1.82, 2.24) is 5.43 Å². The van der Waals surface area contributed by atoms with Gasteiger partial charge in [-0.15, -0.1) is 0 Å². The minimum Gasteiger partial charge on any atom is -0.269 e. The summed E-state index contributed by atoms with van der Waals surface area (Å²) in [5.74, 6) is -0.423. The van der Waals surface area contributed by atoms with Gasteiger partial charge in [0.2, 0.25) is 0 Å². The number of carbonyl (C=O) groups excluding carboxylic acids is 1. The number of hydrogen-bond acceptors (Lipinski definition) is 4. The molecule has 6 nitrogen and oxygen atoms in total. The summed E-state index contributed by atoms with van der Waals surface area (Å²) in [6.07, 6.45) is 1.45. The van der Waals surface area contributed by atoms with Crippen LogP contribution in [0.4, 0.5) is 5.69 Å². The minimum absolute atomic E-state index is 0.193. The van der Waals surface area contributed by atoms with Gasteiger partial charge in [0.05, 0.1) is 16.8 Å². The molecule has 0 aliphatic carbocycles. The number of rotatable bonds is 6. The normalized spacial score (nSPS) is 11.4. The van der Waals surface area contributed by atoms with Gasteiger partial charge in [-0.2, -0.15) is 5.10 Å². The SMILES string of the molecule is CN(c1ccc(C(=O)N/N=C\c2ccccc2Cl)cc1)S(=O)(=O)c1ccccc1. The molecule has 3 rings (SSSR count). The summed E-state index contributed by atoms with van der Waals surface area (Å²) in [6, 6.07) is 21.5. The van der Waals surface area contributed by atoms with Crippen LogP contribution in [0.15, 0.2) is 88.9 Å². The zero-order valence-electron chi connectivity index (χ0n) is 15.5. The summed E-state index contributed by atoms with van der Waals surface area (Å²) in [6.45, 7) is 0. The highest BCUT2D eigenvalue weighted by Crippen LogP contribution is 2.22. The Morgan fingerprint density at radius 1 is 0.966 bits per heavy atom. The summed E-state index contributed by atoms with van der Waals surface area (Å²) in [7, 11) is -2.21. The molecule has 3 aromatic carbocycles. The first-order valence-electron chi connectivity index (χ1n) is 8.61. The number of nitrogens with zero attached hydrogens (tertiary/aromatic N) is 2. The Hall–Kier alpha value is -3.16. The molecule has 0 unspecified atom stereocenters. The largest absolute Gasteiger partial charge is 0.271 e. The molecule has 29 heavy (non-hydrogen) atoms. The van der Waals surface area contributed by atoms with Crippen molar-refractivity contribution in [3.8, 4) is 0 Å². The van der Waals surface area contributed by atoms with Gasteiger partial charge in [0.1, 0.15) is 0 Å². The molecule has 0 radical (unpaired) electrons. The van der Waals surface area contributed by atoms with Crippen molar-refractivity contribution in [2.75, 3.05) is 11.4 Å². The van der Waals surface area contributed by atoms with Crippen LogP contribution in [0.2, 0.25) is 5.02 Å². The van der Waals surface area contributed by atoms with Crippen LogP contribution < -0.4 is 9.73 Å². The number of sulfonamides is 1. The number of anilines is 1. The van der Waals surface area contributed by atoms with Gasteiger partial charge in [-0.05, 0) is 42.5 Å². The Bertz CT molecular complexity index is 1130. The van der Waals surface area contributed by atoms with Gasteiger partial charge in [-0.1, -0.05) is 48.0 Å². The topological polar surface area (TPSA) is 78.8 Å². The third-order valence-electron chi connectivity index (χ3n) is 4.17. The number of halogens is 1. The number of carbonyl (C=O) groups is 1. The van der Waals surface area contributed by atoms with E-state index in [4.69, 9.17) is 11.6 Å². The van der Waals surface area contributed by atoms with Crippen LogP contribution in [0.3, 0.4) is 0 Å². The summed E-state index contributed by atoms with van der Waals surface area (Å²) in [5, 5.41) is 4.43. The van der Waals surface area contributed by atoms with Crippen molar-refractivity contribution in [1.29, 1.82) is 0 Å². The van der Waals surface area contributed by atoms with Crippen LogP contribution in [0.1, 0.15) is 15.9 Å². The molecule has 1 amide bonds. The van der Waals surface area contributed by atoms with Gasteiger partial charge < -0.3 is 0 Å². The maximum atomic E-state index is 12.7. The van der Waals surface area contributed by atoms with E-state index in [0.717, 1.165) is 0 Å². The molecule has 0 aromatic heterocycles. The van der Waals surface area contributed by atoms with Gasteiger partial charge in [-0.3, -0.25) is 9.10 Å². The molecule has 0 aliphatic heterocycles. The van der Waals surface area contributed by atoms with Crippen molar-refractivity contribution in [2.24, 2.45) is 5.10 Å². The molecule has 3 aromatic rings. The smallest absolute Gasteiger partial charge is 0.269 e. The Morgan fingerprint density at radius 2 is 1.59 bits per heavy atom. The van der Waals surface area contributed by atoms with Crippen molar-refractivity contribution >= 4 is 39.4 Å². The summed E-state index contributed by atoms with van der Waals surface area (Å²) in [4.78, 5) is 12.4. The predicted molar refractivity (Wildman–Crippen MR) is 115 cm³/mol. The molecule has 148 valence electrons. The van der Waals surface area contributed by atoms with E-state index in [0.29, 0.717) is 21.8 Å². The lowest BCUT2D eigenvalue weighted by Crippen LogP contribution is -2.26. The molecule has 0 aliphatic rings. The molecular weight excluding hydrogens is 410 g/mol. The van der Waals surface area contributed by atoms with Gasteiger partial charge in [0, 0.05) is 23.2 Å². The first-order chi connectivity index (χ1) is 13.9. The van der Waals surface area contributed by atoms with Crippen LogP contribution in [-0.2, 0) is 10.0 Å². The first-order valence-corrected chi connectivity index (χ1v) is 10.4. The van der Waals surface area contributed by atoms with Gasteiger partial charge in [-0.25, -0.2) is 13.8 Å². The van der Waals surface area contributed by atoms with Crippen LogP contribution in [0.25, 0.3) is 0 Å². The molecule has 0 saturated heterocycles. The van der Waals surface area contributed by atoms with Crippen molar-refractivity contribution in [3.05, 3.63) is 95.0 Å². The van der Waals surface area contributed by atoms with E-state index in [1.165, 1.54) is 41.8 Å². The molecular formula is C21H18ClN3O3S. The number of hydrogen-bond donors (Lipinski definition) is 1. The molecule has 1 N–H and O–H groups in total. The predicted octanol–water partition coefficient (Wildman–Crippen LogP) is 3.93. The van der Waals surface area contributed by atoms with E-state index < -0.39 is 15.9 Å². The number of hydrazone groups is 1. The fourth-order valence-corrected chi connectivity index (χ4v) is 3.92. The van der Waals surface area contributed by atoms with Crippen molar-refractivity contribution < 1.29 is 13.2 Å². The van der Waals surface area contributed by atoms with E-state index in [2.05, 4.69) is 10.5 Å². The molecule has 0 spiro atoms. The second-order valence-corrected chi connectivity index (χ2v) is 8.43. The number of nitrogens with one attached hydrogen (secondary N) is 1. The van der Waals surface area contributed by atoms with Gasteiger partial charge >= 0.3 is 0 Å². The third kappa shape index (κ3) is 4.82. The summed E-state index contributed by atoms with van der Waals surface area (Å²) >= 11 is 6.03. The fraction of sp³-hybridized carbons (Fsp3) is 0.0476. The van der Waals surface area contributed by atoms with Gasteiger partial charge in [0.25, 0.3) is 15.9 Å². The average molecular weight is 428 g/mol. The average Bonchev–Trinajstić information content (AvgIpc) is 2.75. The lowest BCUT2D eigenvalue weighted by molar-refractivity contribution is 0.0955.